The summed E-state index contributed by atoms with van der Waals surface area (Å²) >= 11 is 0. The van der Waals surface area contributed by atoms with Crippen LogP contribution in [0.4, 0.5) is 0 Å². The van der Waals surface area contributed by atoms with Gasteiger partial charge in [0.2, 0.25) is 5.91 Å². The molecule has 6 nitrogen and oxygen atoms in total. The average Bonchev–Trinajstić information content (AvgIpc) is 2.86. The first kappa shape index (κ1) is 15.2. The third-order valence-electron chi connectivity index (χ3n) is 3.34. The summed E-state index contributed by atoms with van der Waals surface area (Å²) < 4.78 is 1.65. The third-order valence-corrected chi connectivity index (χ3v) is 3.34. The van der Waals surface area contributed by atoms with E-state index in [9.17, 15) is 9.90 Å². The molecular formula is C15H20N4O2. The number of carbonyl (C=O) groups is 1. The van der Waals surface area contributed by atoms with Crippen LogP contribution < -0.4 is 11.1 Å². The molecule has 0 aliphatic heterocycles. The van der Waals surface area contributed by atoms with Gasteiger partial charge in [0.05, 0.1) is 6.20 Å². The molecular weight excluding hydrogens is 268 g/mol. The Labute approximate surface area is 123 Å². The number of nitrogens with one attached hydrogen (secondary N) is 1. The van der Waals surface area contributed by atoms with Crippen molar-refractivity contribution < 1.29 is 9.90 Å². The van der Waals surface area contributed by atoms with E-state index in [2.05, 4.69) is 10.4 Å². The summed E-state index contributed by atoms with van der Waals surface area (Å²) in [5.41, 5.74) is 6.42. The summed E-state index contributed by atoms with van der Waals surface area (Å²) in [6.45, 7) is 2.65. The molecule has 4 N–H and O–H groups in total. The van der Waals surface area contributed by atoms with Gasteiger partial charge in [-0.25, -0.2) is 0 Å². The van der Waals surface area contributed by atoms with Crippen molar-refractivity contribution in [1.29, 1.82) is 0 Å². The number of amides is 1. The zero-order chi connectivity index (χ0) is 15.5. The molecule has 0 saturated heterocycles. The van der Waals surface area contributed by atoms with Crippen molar-refractivity contribution in [2.24, 2.45) is 12.8 Å². The second-order valence-electron chi connectivity index (χ2n) is 5.34. The van der Waals surface area contributed by atoms with Crippen molar-refractivity contribution >= 4 is 5.91 Å². The Morgan fingerprint density at radius 3 is 2.90 bits per heavy atom. The molecule has 112 valence electrons. The molecule has 0 radical (unpaired) electrons. The van der Waals surface area contributed by atoms with E-state index >= 15 is 0 Å². The molecule has 0 fully saturated rings. The van der Waals surface area contributed by atoms with Crippen LogP contribution in [-0.4, -0.2) is 27.3 Å². The van der Waals surface area contributed by atoms with Gasteiger partial charge in [-0.15, -0.1) is 0 Å². The minimum atomic E-state index is -1.00. The van der Waals surface area contributed by atoms with Crippen molar-refractivity contribution in [3.63, 3.8) is 0 Å². The second kappa shape index (κ2) is 6.07. The number of rotatable bonds is 6. The lowest BCUT2D eigenvalue weighted by molar-refractivity contribution is 0.0566. The number of aryl methyl sites for hydroxylation is 1. The molecule has 0 aliphatic carbocycles. The molecule has 2 aromatic rings. The molecule has 1 unspecified atom stereocenters. The zero-order valence-corrected chi connectivity index (χ0v) is 12.2. The highest BCUT2D eigenvalue weighted by molar-refractivity contribution is 5.92. The summed E-state index contributed by atoms with van der Waals surface area (Å²) in [7, 11) is 1.81. The van der Waals surface area contributed by atoms with E-state index < -0.39 is 11.5 Å². The van der Waals surface area contributed by atoms with Crippen molar-refractivity contribution in [1.82, 2.24) is 15.1 Å². The first-order valence-electron chi connectivity index (χ1n) is 6.69. The van der Waals surface area contributed by atoms with Crippen molar-refractivity contribution in [3.05, 3.63) is 53.3 Å². The molecule has 21 heavy (non-hydrogen) atoms. The molecule has 1 amide bonds. The Kier molecular flexibility index (Phi) is 4.40. The predicted octanol–water partition coefficient (Wildman–Crippen LogP) is 0.516. The standard InChI is InChI=1S/C15H20N4O2/c1-15(21,13-8-18-19(2)9-13)10-17-7-11-4-3-5-12(6-11)14(16)20/h3-6,8-9,17,21H,7,10H2,1-2H3,(H2,16,20). The first-order valence-corrected chi connectivity index (χ1v) is 6.69. The normalized spacial score (nSPS) is 13.9. The van der Waals surface area contributed by atoms with E-state index in [1.165, 1.54) is 0 Å². The molecule has 6 heteroatoms. The summed E-state index contributed by atoms with van der Waals surface area (Å²) in [6.07, 6.45) is 3.44. The predicted molar refractivity (Wildman–Crippen MR) is 79.4 cm³/mol. The minimum absolute atomic E-state index is 0.374. The number of nitrogens with zero attached hydrogens (tertiary/aromatic N) is 2. The number of nitrogens with two attached hydrogens (primary N) is 1. The lowest BCUT2D eigenvalue weighted by Gasteiger charge is -2.22. The van der Waals surface area contributed by atoms with Crippen LogP contribution >= 0.6 is 0 Å². The summed E-state index contributed by atoms with van der Waals surface area (Å²) in [4.78, 5) is 11.1. The monoisotopic (exact) mass is 288 g/mol. The molecule has 0 aliphatic rings. The number of aromatic nitrogens is 2. The highest BCUT2D eigenvalue weighted by Gasteiger charge is 2.24. The number of carbonyl (C=O) groups excluding carboxylic acids is 1. The van der Waals surface area contributed by atoms with Crippen molar-refractivity contribution in [3.8, 4) is 0 Å². The van der Waals surface area contributed by atoms with E-state index in [1.54, 1.807) is 42.2 Å². The van der Waals surface area contributed by atoms with Crippen LogP contribution in [0.15, 0.2) is 36.7 Å². The Bertz CT molecular complexity index is 634. The van der Waals surface area contributed by atoms with Gasteiger partial charge in [-0.1, -0.05) is 12.1 Å². The topological polar surface area (TPSA) is 93.2 Å². The van der Waals surface area contributed by atoms with Gasteiger partial charge in [0.25, 0.3) is 0 Å². The first-order chi connectivity index (χ1) is 9.88. The molecule has 1 heterocycles. The van der Waals surface area contributed by atoms with Gasteiger partial charge < -0.3 is 16.2 Å². The highest BCUT2D eigenvalue weighted by Crippen LogP contribution is 2.18. The quantitative estimate of drug-likeness (QED) is 0.722. The molecule has 2 rings (SSSR count). The fourth-order valence-electron chi connectivity index (χ4n) is 2.09. The fourth-order valence-corrected chi connectivity index (χ4v) is 2.09. The van der Waals surface area contributed by atoms with Gasteiger partial charge >= 0.3 is 0 Å². The lowest BCUT2D eigenvalue weighted by atomic mass is 9.99. The van der Waals surface area contributed by atoms with Gasteiger partial charge in [0.1, 0.15) is 5.60 Å². The number of primary amides is 1. The Balaban J connectivity index is 1.95. The van der Waals surface area contributed by atoms with Gasteiger partial charge in [-0.3, -0.25) is 9.48 Å². The van der Waals surface area contributed by atoms with E-state index in [0.29, 0.717) is 18.7 Å². The number of hydrogen-bond acceptors (Lipinski definition) is 4. The smallest absolute Gasteiger partial charge is 0.248 e. The Hall–Kier alpha value is -2.18. The maximum atomic E-state index is 11.1. The molecule has 1 atom stereocenters. The summed E-state index contributed by atoms with van der Waals surface area (Å²) in [5, 5.41) is 17.7. The van der Waals surface area contributed by atoms with E-state index in [1.807, 2.05) is 13.1 Å². The minimum Gasteiger partial charge on any atom is -0.384 e. The second-order valence-corrected chi connectivity index (χ2v) is 5.34. The van der Waals surface area contributed by atoms with Crippen LogP contribution in [0.25, 0.3) is 0 Å². The number of aliphatic hydroxyl groups is 1. The third kappa shape index (κ3) is 3.90. The molecule has 0 spiro atoms. The van der Waals surface area contributed by atoms with Crippen LogP contribution in [0.2, 0.25) is 0 Å². The highest BCUT2D eigenvalue weighted by atomic mass is 16.3. The summed E-state index contributed by atoms with van der Waals surface area (Å²) in [5.74, 6) is -0.445. The Morgan fingerprint density at radius 2 is 2.29 bits per heavy atom. The summed E-state index contributed by atoms with van der Waals surface area (Å²) in [6, 6.07) is 7.11. The van der Waals surface area contributed by atoms with Crippen molar-refractivity contribution in [2.75, 3.05) is 6.54 Å². The molecule has 1 aromatic heterocycles. The SMILES string of the molecule is Cn1cc(C(C)(O)CNCc2cccc(C(N)=O)c2)cn1. The largest absolute Gasteiger partial charge is 0.384 e. The van der Waals surface area contributed by atoms with Gasteiger partial charge in [-0.05, 0) is 24.6 Å². The van der Waals surface area contributed by atoms with Gasteiger partial charge in [0.15, 0.2) is 0 Å². The Morgan fingerprint density at radius 1 is 1.52 bits per heavy atom. The van der Waals surface area contributed by atoms with Crippen LogP contribution in [0, 0.1) is 0 Å². The van der Waals surface area contributed by atoms with E-state index in [-0.39, 0.29) is 0 Å². The maximum absolute atomic E-state index is 11.1. The van der Waals surface area contributed by atoms with E-state index in [0.717, 1.165) is 11.1 Å². The van der Waals surface area contributed by atoms with Crippen LogP contribution in [0.5, 0.6) is 0 Å². The van der Waals surface area contributed by atoms with Crippen LogP contribution in [0.3, 0.4) is 0 Å². The number of benzene rings is 1. The van der Waals surface area contributed by atoms with Gasteiger partial charge in [0, 0.05) is 37.5 Å². The lowest BCUT2D eigenvalue weighted by Crippen LogP contribution is -2.34. The average molecular weight is 288 g/mol. The molecule has 0 bridgehead atoms. The molecule has 0 saturated carbocycles. The number of hydrogen-bond donors (Lipinski definition) is 3. The zero-order valence-electron chi connectivity index (χ0n) is 12.2. The van der Waals surface area contributed by atoms with Gasteiger partial charge in [-0.2, -0.15) is 5.10 Å². The fraction of sp³-hybridized carbons (Fsp3) is 0.333. The maximum Gasteiger partial charge on any atom is 0.248 e. The van der Waals surface area contributed by atoms with Crippen LogP contribution in [0.1, 0.15) is 28.4 Å². The van der Waals surface area contributed by atoms with E-state index in [4.69, 9.17) is 5.73 Å². The van der Waals surface area contributed by atoms with Crippen LogP contribution in [-0.2, 0) is 19.2 Å². The van der Waals surface area contributed by atoms with Crippen molar-refractivity contribution in [2.45, 2.75) is 19.1 Å². The molecule has 1 aromatic carbocycles.